The van der Waals surface area contributed by atoms with Gasteiger partial charge in [-0.15, -0.1) is 0 Å². The highest BCUT2D eigenvalue weighted by Gasteiger charge is 2.42. The normalized spacial score (nSPS) is 17.6. The lowest BCUT2D eigenvalue weighted by atomic mass is 9.80. The van der Waals surface area contributed by atoms with Crippen LogP contribution in [0.1, 0.15) is 81.6 Å². The molecule has 0 amide bonds. The molecule has 0 aliphatic heterocycles. The standard InChI is InChI=1S/C17H37NO2S/c1-10-17(9,18)12-15(5,6)13-21(19,20)16(7,8)11-14(2,3)4/h10-13,18H2,1-9H3. The van der Waals surface area contributed by atoms with E-state index in [-0.39, 0.29) is 22.1 Å². The van der Waals surface area contributed by atoms with Gasteiger partial charge in [0.15, 0.2) is 9.84 Å². The quantitative estimate of drug-likeness (QED) is 0.766. The van der Waals surface area contributed by atoms with Crippen LogP contribution in [0.5, 0.6) is 0 Å². The predicted molar refractivity (Wildman–Crippen MR) is 93.2 cm³/mol. The molecular weight excluding hydrogens is 282 g/mol. The summed E-state index contributed by atoms with van der Waals surface area (Å²) in [6.07, 6.45) is 2.22. The molecule has 0 saturated carbocycles. The summed E-state index contributed by atoms with van der Waals surface area (Å²) in [5, 5.41) is 0. The van der Waals surface area contributed by atoms with Crippen molar-refractivity contribution in [2.45, 2.75) is 91.9 Å². The third kappa shape index (κ3) is 7.14. The highest BCUT2D eigenvalue weighted by molar-refractivity contribution is 7.92. The molecule has 2 N–H and O–H groups in total. The van der Waals surface area contributed by atoms with E-state index in [4.69, 9.17) is 5.73 Å². The summed E-state index contributed by atoms with van der Waals surface area (Å²) in [6.45, 7) is 18.0. The first kappa shape index (κ1) is 20.9. The summed E-state index contributed by atoms with van der Waals surface area (Å²) in [5.74, 6) is 0.190. The van der Waals surface area contributed by atoms with Crippen LogP contribution >= 0.6 is 0 Å². The van der Waals surface area contributed by atoms with Crippen molar-refractivity contribution in [1.82, 2.24) is 0 Å². The minimum Gasteiger partial charge on any atom is -0.325 e. The van der Waals surface area contributed by atoms with Crippen molar-refractivity contribution >= 4 is 9.84 Å². The van der Waals surface area contributed by atoms with Gasteiger partial charge in [0, 0.05) is 5.54 Å². The molecule has 1 unspecified atom stereocenters. The van der Waals surface area contributed by atoms with Crippen LogP contribution in [0, 0.1) is 10.8 Å². The highest BCUT2D eigenvalue weighted by atomic mass is 32.2. The average Bonchev–Trinajstić information content (AvgIpc) is 2.09. The third-order valence-electron chi connectivity index (χ3n) is 4.07. The summed E-state index contributed by atoms with van der Waals surface area (Å²) in [4.78, 5) is 0. The zero-order chi connectivity index (χ0) is 17.3. The van der Waals surface area contributed by atoms with E-state index in [1.807, 2.05) is 41.5 Å². The first-order valence-corrected chi connectivity index (χ1v) is 9.60. The maximum Gasteiger partial charge on any atom is 0.156 e. The van der Waals surface area contributed by atoms with Crippen molar-refractivity contribution in [3.63, 3.8) is 0 Å². The zero-order valence-electron chi connectivity index (χ0n) is 15.6. The molecule has 0 aromatic carbocycles. The summed E-state index contributed by atoms with van der Waals surface area (Å²) in [6, 6.07) is 0. The first-order valence-electron chi connectivity index (χ1n) is 7.94. The Hall–Kier alpha value is -0.0900. The van der Waals surface area contributed by atoms with Gasteiger partial charge in [-0.25, -0.2) is 8.42 Å². The third-order valence-corrected chi connectivity index (χ3v) is 7.06. The van der Waals surface area contributed by atoms with Gasteiger partial charge in [-0.1, -0.05) is 41.5 Å². The second-order valence-corrected chi connectivity index (χ2v) is 12.2. The molecule has 0 aliphatic rings. The van der Waals surface area contributed by atoms with E-state index >= 15 is 0 Å². The topological polar surface area (TPSA) is 60.2 Å². The van der Waals surface area contributed by atoms with E-state index < -0.39 is 14.6 Å². The fourth-order valence-corrected chi connectivity index (χ4v) is 5.54. The van der Waals surface area contributed by atoms with Gasteiger partial charge in [0.1, 0.15) is 0 Å². The van der Waals surface area contributed by atoms with E-state index in [0.717, 1.165) is 6.42 Å². The Morgan fingerprint density at radius 2 is 1.29 bits per heavy atom. The van der Waals surface area contributed by atoms with Crippen LogP contribution in [-0.4, -0.2) is 24.5 Å². The molecule has 21 heavy (non-hydrogen) atoms. The molecule has 0 spiro atoms. The van der Waals surface area contributed by atoms with E-state index in [9.17, 15) is 8.42 Å². The molecule has 1 atom stereocenters. The Morgan fingerprint density at radius 3 is 1.62 bits per heavy atom. The maximum absolute atomic E-state index is 12.9. The van der Waals surface area contributed by atoms with Crippen LogP contribution in [0.4, 0.5) is 0 Å². The molecule has 0 aromatic rings. The van der Waals surface area contributed by atoms with Crippen LogP contribution < -0.4 is 5.73 Å². The van der Waals surface area contributed by atoms with Crippen molar-refractivity contribution in [2.75, 3.05) is 5.75 Å². The molecule has 3 nitrogen and oxygen atoms in total. The van der Waals surface area contributed by atoms with Gasteiger partial charge in [-0.2, -0.15) is 0 Å². The summed E-state index contributed by atoms with van der Waals surface area (Å²) < 4.78 is 25.0. The molecule has 0 heterocycles. The number of rotatable bonds is 7. The van der Waals surface area contributed by atoms with Gasteiger partial charge in [0.05, 0.1) is 10.5 Å². The van der Waals surface area contributed by atoms with Crippen LogP contribution in [0.2, 0.25) is 0 Å². The van der Waals surface area contributed by atoms with Crippen LogP contribution in [-0.2, 0) is 9.84 Å². The fourth-order valence-electron chi connectivity index (χ4n) is 3.37. The van der Waals surface area contributed by atoms with Crippen molar-refractivity contribution < 1.29 is 8.42 Å². The average molecular weight is 320 g/mol. The van der Waals surface area contributed by atoms with Gasteiger partial charge in [-0.05, 0) is 50.9 Å². The highest BCUT2D eigenvalue weighted by Crippen LogP contribution is 2.37. The maximum atomic E-state index is 12.9. The van der Waals surface area contributed by atoms with Crippen molar-refractivity contribution in [2.24, 2.45) is 16.6 Å². The second-order valence-electron chi connectivity index (χ2n) is 9.60. The van der Waals surface area contributed by atoms with Crippen LogP contribution in [0.25, 0.3) is 0 Å². The van der Waals surface area contributed by atoms with Gasteiger partial charge in [-0.3, -0.25) is 0 Å². The smallest absolute Gasteiger partial charge is 0.156 e. The lowest BCUT2D eigenvalue weighted by Gasteiger charge is -2.38. The van der Waals surface area contributed by atoms with Gasteiger partial charge < -0.3 is 5.73 Å². The first-order chi connectivity index (χ1) is 8.93. The monoisotopic (exact) mass is 319 g/mol. The molecule has 0 rings (SSSR count). The van der Waals surface area contributed by atoms with Crippen molar-refractivity contribution in [3.05, 3.63) is 0 Å². The zero-order valence-corrected chi connectivity index (χ0v) is 16.4. The summed E-state index contributed by atoms with van der Waals surface area (Å²) >= 11 is 0. The summed E-state index contributed by atoms with van der Waals surface area (Å²) in [5.41, 5.74) is 5.61. The minimum absolute atomic E-state index is 0.00743. The lowest BCUT2D eigenvalue weighted by Crippen LogP contribution is -2.45. The Kier molecular flexibility index (Phi) is 6.17. The molecule has 4 heteroatoms. The van der Waals surface area contributed by atoms with Gasteiger partial charge in [0.25, 0.3) is 0 Å². The molecule has 0 aliphatic carbocycles. The largest absolute Gasteiger partial charge is 0.325 e. The van der Waals surface area contributed by atoms with E-state index in [0.29, 0.717) is 12.8 Å². The Bertz CT molecular complexity index is 440. The molecule has 0 fully saturated rings. The number of sulfone groups is 1. The number of nitrogens with two attached hydrogens (primary N) is 1. The molecule has 128 valence electrons. The molecular formula is C17H37NO2S. The van der Waals surface area contributed by atoms with Crippen LogP contribution in [0.15, 0.2) is 0 Å². The molecule has 0 bridgehead atoms. The van der Waals surface area contributed by atoms with E-state index in [2.05, 4.69) is 20.8 Å². The Balaban J connectivity index is 5.20. The SMILES string of the molecule is CCC(C)(N)CC(C)(C)CS(=O)(=O)C(C)(C)CC(C)(C)C. The number of hydrogen-bond acceptors (Lipinski definition) is 3. The van der Waals surface area contributed by atoms with Gasteiger partial charge in [0.2, 0.25) is 0 Å². The summed E-state index contributed by atoms with van der Waals surface area (Å²) in [7, 11) is -3.19. The minimum atomic E-state index is -3.19. The van der Waals surface area contributed by atoms with E-state index in [1.54, 1.807) is 0 Å². The predicted octanol–water partition coefficient (Wildman–Crippen LogP) is 4.16. The number of hydrogen-bond donors (Lipinski definition) is 1. The molecule has 0 saturated heterocycles. The molecule has 0 radical (unpaired) electrons. The lowest BCUT2D eigenvalue weighted by molar-refractivity contribution is 0.263. The van der Waals surface area contributed by atoms with Crippen LogP contribution in [0.3, 0.4) is 0 Å². The van der Waals surface area contributed by atoms with Gasteiger partial charge >= 0.3 is 0 Å². The van der Waals surface area contributed by atoms with Crippen molar-refractivity contribution in [3.8, 4) is 0 Å². The molecule has 0 aromatic heterocycles. The Labute approximate surface area is 133 Å². The van der Waals surface area contributed by atoms with E-state index in [1.165, 1.54) is 0 Å². The fraction of sp³-hybridized carbons (Fsp3) is 1.00. The Morgan fingerprint density at radius 1 is 0.857 bits per heavy atom. The second kappa shape index (κ2) is 6.19. The van der Waals surface area contributed by atoms with Crippen molar-refractivity contribution in [1.29, 1.82) is 0 Å².